The van der Waals surface area contributed by atoms with Gasteiger partial charge in [0.25, 0.3) is 0 Å². The number of rotatable bonds is 1. The molecule has 0 aliphatic heterocycles. The summed E-state index contributed by atoms with van der Waals surface area (Å²) in [5, 5.41) is 0. The van der Waals surface area contributed by atoms with Crippen LogP contribution in [0, 0.1) is 23.3 Å². The summed E-state index contributed by atoms with van der Waals surface area (Å²) < 4.78 is 28.7. The van der Waals surface area contributed by atoms with E-state index in [1.165, 1.54) is 29.1 Å². The molecule has 15 heavy (non-hydrogen) atoms. The largest absolute Gasteiger partial charge is 0.337 e. The number of benzene rings is 1. The van der Waals surface area contributed by atoms with Crippen LogP contribution in [0.1, 0.15) is 5.56 Å². The summed E-state index contributed by atoms with van der Waals surface area (Å²) in [7, 11) is 0. The summed E-state index contributed by atoms with van der Waals surface area (Å²) in [6.45, 7) is 1.58. The number of H-pyrrole nitrogens is 1. The lowest BCUT2D eigenvalue weighted by molar-refractivity contribution is 0.563. The third-order valence-electron chi connectivity index (χ3n) is 2.15. The first kappa shape index (κ1) is 10.0. The zero-order chi connectivity index (χ0) is 11.0. The predicted molar refractivity (Wildman–Crippen MR) is 55.6 cm³/mol. The van der Waals surface area contributed by atoms with Gasteiger partial charge < -0.3 is 4.98 Å². The standard InChI is InChI=1S/C10H8F2N2S/c1-6-2-3-7(11)9(8(6)12)14-5-4-13-10(14)15/h2-5H,1H3,(H,13,15). The van der Waals surface area contributed by atoms with E-state index in [1.807, 2.05) is 0 Å². The first-order valence-corrected chi connectivity index (χ1v) is 4.73. The number of aryl methyl sites for hydroxylation is 1. The van der Waals surface area contributed by atoms with E-state index in [-0.39, 0.29) is 10.5 Å². The van der Waals surface area contributed by atoms with Crippen LogP contribution in [0.2, 0.25) is 0 Å². The zero-order valence-corrected chi connectivity index (χ0v) is 8.74. The molecule has 1 heterocycles. The van der Waals surface area contributed by atoms with Gasteiger partial charge in [0.15, 0.2) is 10.6 Å². The molecule has 0 bridgehead atoms. The minimum absolute atomic E-state index is 0.138. The van der Waals surface area contributed by atoms with Crippen molar-refractivity contribution in [2.24, 2.45) is 0 Å². The van der Waals surface area contributed by atoms with E-state index < -0.39 is 11.6 Å². The topological polar surface area (TPSA) is 20.7 Å². The van der Waals surface area contributed by atoms with Crippen molar-refractivity contribution in [2.75, 3.05) is 0 Å². The van der Waals surface area contributed by atoms with E-state index in [1.54, 1.807) is 6.92 Å². The fourth-order valence-corrected chi connectivity index (χ4v) is 1.58. The van der Waals surface area contributed by atoms with Crippen molar-refractivity contribution in [3.63, 3.8) is 0 Å². The Kier molecular flexibility index (Phi) is 2.40. The lowest BCUT2D eigenvalue weighted by Crippen LogP contribution is -2.02. The maximum Gasteiger partial charge on any atom is 0.181 e. The summed E-state index contributed by atoms with van der Waals surface area (Å²) in [6, 6.07) is 2.62. The molecule has 0 saturated carbocycles. The van der Waals surface area contributed by atoms with Gasteiger partial charge in [-0.1, -0.05) is 6.07 Å². The minimum atomic E-state index is -0.631. The van der Waals surface area contributed by atoms with Crippen molar-refractivity contribution in [2.45, 2.75) is 6.92 Å². The van der Waals surface area contributed by atoms with E-state index in [4.69, 9.17) is 12.2 Å². The van der Waals surface area contributed by atoms with E-state index in [2.05, 4.69) is 4.98 Å². The molecule has 78 valence electrons. The Hall–Kier alpha value is -1.49. The highest BCUT2D eigenvalue weighted by Gasteiger charge is 2.13. The Labute approximate surface area is 90.2 Å². The molecule has 5 heteroatoms. The number of nitrogens with zero attached hydrogens (tertiary/aromatic N) is 1. The SMILES string of the molecule is Cc1ccc(F)c(-n2cc[nH]c2=S)c1F. The van der Waals surface area contributed by atoms with Gasteiger partial charge in [-0.3, -0.25) is 4.57 Å². The van der Waals surface area contributed by atoms with E-state index in [9.17, 15) is 8.78 Å². The van der Waals surface area contributed by atoms with Gasteiger partial charge in [0.1, 0.15) is 11.5 Å². The van der Waals surface area contributed by atoms with Crippen LogP contribution in [0.4, 0.5) is 8.78 Å². The molecule has 0 saturated heterocycles. The number of nitrogens with one attached hydrogen (secondary N) is 1. The lowest BCUT2D eigenvalue weighted by Gasteiger charge is -2.07. The highest BCUT2D eigenvalue weighted by atomic mass is 32.1. The smallest absolute Gasteiger partial charge is 0.181 e. The second-order valence-corrected chi connectivity index (χ2v) is 3.55. The first-order valence-electron chi connectivity index (χ1n) is 4.32. The lowest BCUT2D eigenvalue weighted by atomic mass is 10.2. The molecule has 0 aliphatic rings. The van der Waals surface area contributed by atoms with Crippen LogP contribution in [0.25, 0.3) is 5.69 Å². The molecular weight excluding hydrogens is 218 g/mol. The summed E-state index contributed by atoms with van der Waals surface area (Å²) in [5.74, 6) is -1.22. The Morgan fingerprint density at radius 2 is 2.07 bits per heavy atom. The van der Waals surface area contributed by atoms with Gasteiger partial charge in [0.05, 0.1) is 0 Å². The number of hydrogen-bond donors (Lipinski definition) is 1. The molecule has 0 unspecified atom stereocenters. The van der Waals surface area contributed by atoms with Crippen molar-refractivity contribution in [3.05, 3.63) is 46.5 Å². The molecule has 2 aromatic rings. The fraction of sp³-hybridized carbons (Fsp3) is 0.100. The van der Waals surface area contributed by atoms with Gasteiger partial charge in [0, 0.05) is 12.4 Å². The molecule has 1 aromatic carbocycles. The second kappa shape index (κ2) is 3.58. The molecule has 0 amide bonds. The Bertz CT molecular complexity index is 557. The van der Waals surface area contributed by atoms with Gasteiger partial charge in [-0.15, -0.1) is 0 Å². The number of hydrogen-bond acceptors (Lipinski definition) is 1. The van der Waals surface area contributed by atoms with Crippen molar-refractivity contribution in [3.8, 4) is 5.69 Å². The molecule has 0 aliphatic carbocycles. The number of aromatic nitrogens is 2. The van der Waals surface area contributed by atoms with Crippen LogP contribution >= 0.6 is 12.2 Å². The van der Waals surface area contributed by atoms with E-state index in [0.29, 0.717) is 5.56 Å². The maximum atomic E-state index is 13.7. The van der Waals surface area contributed by atoms with Crippen LogP contribution in [-0.4, -0.2) is 9.55 Å². The zero-order valence-electron chi connectivity index (χ0n) is 7.92. The van der Waals surface area contributed by atoms with Crippen LogP contribution in [0.15, 0.2) is 24.5 Å². The molecule has 1 aromatic heterocycles. The third kappa shape index (κ3) is 1.59. The quantitative estimate of drug-likeness (QED) is 0.741. The number of imidazole rings is 1. The van der Waals surface area contributed by atoms with Crippen LogP contribution < -0.4 is 0 Å². The van der Waals surface area contributed by atoms with Gasteiger partial charge in [-0.2, -0.15) is 0 Å². The Balaban J connectivity index is 2.78. The van der Waals surface area contributed by atoms with Crippen molar-refractivity contribution >= 4 is 12.2 Å². The van der Waals surface area contributed by atoms with Gasteiger partial charge in [0.2, 0.25) is 0 Å². The van der Waals surface area contributed by atoms with Crippen LogP contribution in [0.3, 0.4) is 0 Å². The normalized spacial score (nSPS) is 10.6. The monoisotopic (exact) mass is 226 g/mol. The molecule has 0 spiro atoms. The molecule has 0 radical (unpaired) electrons. The van der Waals surface area contributed by atoms with Gasteiger partial charge in [-0.25, -0.2) is 8.78 Å². The predicted octanol–water partition coefficient (Wildman–Crippen LogP) is 3.12. The molecule has 2 rings (SSSR count). The summed E-state index contributed by atoms with van der Waals surface area (Å²) in [5.41, 5.74) is 0.246. The second-order valence-electron chi connectivity index (χ2n) is 3.16. The average molecular weight is 226 g/mol. The molecule has 0 fully saturated rings. The van der Waals surface area contributed by atoms with Crippen molar-refractivity contribution in [1.82, 2.24) is 9.55 Å². The average Bonchev–Trinajstić information content (AvgIpc) is 2.60. The van der Waals surface area contributed by atoms with Crippen LogP contribution in [0.5, 0.6) is 0 Å². The Morgan fingerprint density at radius 3 is 2.67 bits per heavy atom. The molecule has 1 N–H and O–H groups in total. The fourth-order valence-electron chi connectivity index (χ4n) is 1.36. The van der Waals surface area contributed by atoms with E-state index in [0.717, 1.165) is 0 Å². The molecule has 2 nitrogen and oxygen atoms in total. The van der Waals surface area contributed by atoms with E-state index >= 15 is 0 Å². The number of aromatic amines is 1. The molecular formula is C10H8F2N2S. The van der Waals surface area contributed by atoms with Crippen molar-refractivity contribution in [1.29, 1.82) is 0 Å². The highest BCUT2D eigenvalue weighted by molar-refractivity contribution is 7.71. The molecule has 0 atom stereocenters. The minimum Gasteiger partial charge on any atom is -0.337 e. The van der Waals surface area contributed by atoms with Gasteiger partial charge >= 0.3 is 0 Å². The summed E-state index contributed by atoms with van der Waals surface area (Å²) >= 11 is 4.90. The van der Waals surface area contributed by atoms with Crippen LogP contribution in [-0.2, 0) is 0 Å². The maximum absolute atomic E-state index is 13.7. The summed E-state index contributed by atoms with van der Waals surface area (Å²) in [6.07, 6.45) is 3.02. The third-order valence-corrected chi connectivity index (χ3v) is 2.46. The Morgan fingerprint density at radius 1 is 1.33 bits per heavy atom. The number of halogens is 2. The van der Waals surface area contributed by atoms with Gasteiger partial charge in [-0.05, 0) is 30.8 Å². The first-order chi connectivity index (χ1) is 7.11. The van der Waals surface area contributed by atoms with Crippen molar-refractivity contribution < 1.29 is 8.78 Å². The summed E-state index contributed by atoms with van der Waals surface area (Å²) in [4.78, 5) is 2.69. The highest BCUT2D eigenvalue weighted by Crippen LogP contribution is 2.20.